The summed E-state index contributed by atoms with van der Waals surface area (Å²) < 4.78 is 0. The van der Waals surface area contributed by atoms with Gasteiger partial charge < -0.3 is 15.5 Å². The molecular formula is C13H29N3. The van der Waals surface area contributed by atoms with Crippen LogP contribution >= 0.6 is 0 Å². The molecule has 1 heterocycles. The molecule has 2 N–H and O–H groups in total. The molecule has 1 rings (SSSR count). The quantitative estimate of drug-likeness (QED) is 0.770. The minimum atomic E-state index is 0.592. The summed E-state index contributed by atoms with van der Waals surface area (Å²) in [6.45, 7) is 11.3. The van der Waals surface area contributed by atoms with Crippen LogP contribution in [0, 0.1) is 5.92 Å². The monoisotopic (exact) mass is 227 g/mol. The Hall–Kier alpha value is -0.120. The fraction of sp³-hybridized carbons (Fsp3) is 1.00. The summed E-state index contributed by atoms with van der Waals surface area (Å²) in [7, 11) is 2.27. The van der Waals surface area contributed by atoms with E-state index in [1.54, 1.807) is 0 Å². The Morgan fingerprint density at radius 3 is 2.31 bits per heavy atom. The number of hydrogen-bond acceptors (Lipinski definition) is 3. The van der Waals surface area contributed by atoms with Crippen molar-refractivity contribution in [3.8, 4) is 0 Å². The largest absolute Gasteiger partial charge is 0.330 e. The molecule has 0 bridgehead atoms. The Labute approximate surface area is 101 Å². The Morgan fingerprint density at radius 1 is 1.31 bits per heavy atom. The van der Waals surface area contributed by atoms with Gasteiger partial charge in [0.05, 0.1) is 0 Å². The molecular weight excluding hydrogens is 198 g/mol. The van der Waals surface area contributed by atoms with Crippen molar-refractivity contribution in [2.24, 2.45) is 11.7 Å². The van der Waals surface area contributed by atoms with Crippen LogP contribution in [0.1, 0.15) is 33.6 Å². The van der Waals surface area contributed by atoms with Gasteiger partial charge >= 0.3 is 0 Å². The van der Waals surface area contributed by atoms with Gasteiger partial charge in [0, 0.05) is 12.1 Å². The first-order chi connectivity index (χ1) is 7.60. The van der Waals surface area contributed by atoms with Crippen molar-refractivity contribution in [3.63, 3.8) is 0 Å². The Morgan fingerprint density at radius 2 is 1.88 bits per heavy atom. The predicted octanol–water partition coefficient (Wildman–Crippen LogP) is 1.39. The molecule has 3 heteroatoms. The van der Waals surface area contributed by atoms with Crippen LogP contribution in [0.5, 0.6) is 0 Å². The topological polar surface area (TPSA) is 32.5 Å². The lowest BCUT2D eigenvalue weighted by Crippen LogP contribution is -2.48. The van der Waals surface area contributed by atoms with Crippen molar-refractivity contribution in [1.29, 1.82) is 0 Å². The minimum Gasteiger partial charge on any atom is -0.330 e. The smallest absolute Gasteiger partial charge is 0.0119 e. The summed E-state index contributed by atoms with van der Waals surface area (Å²) >= 11 is 0. The first-order valence-electron chi connectivity index (χ1n) is 6.74. The van der Waals surface area contributed by atoms with E-state index in [2.05, 4.69) is 37.6 Å². The highest BCUT2D eigenvalue weighted by atomic mass is 15.2. The van der Waals surface area contributed by atoms with Gasteiger partial charge in [0.15, 0.2) is 0 Å². The first-order valence-corrected chi connectivity index (χ1v) is 6.74. The molecule has 0 aromatic carbocycles. The van der Waals surface area contributed by atoms with Gasteiger partial charge in [0.1, 0.15) is 0 Å². The van der Waals surface area contributed by atoms with E-state index in [4.69, 9.17) is 5.73 Å². The summed E-state index contributed by atoms with van der Waals surface area (Å²) in [5.41, 5.74) is 5.75. The third-order valence-corrected chi connectivity index (χ3v) is 4.42. The number of nitrogens with zero attached hydrogens (tertiary/aromatic N) is 2. The summed E-state index contributed by atoms with van der Waals surface area (Å²) in [4.78, 5) is 5.09. The van der Waals surface area contributed by atoms with Crippen molar-refractivity contribution in [3.05, 3.63) is 0 Å². The molecule has 0 spiro atoms. The van der Waals surface area contributed by atoms with Crippen LogP contribution in [-0.4, -0.2) is 55.1 Å². The zero-order chi connectivity index (χ0) is 12.1. The van der Waals surface area contributed by atoms with Crippen LogP contribution in [0.3, 0.4) is 0 Å². The maximum absolute atomic E-state index is 5.75. The second-order valence-corrected chi connectivity index (χ2v) is 5.28. The zero-order valence-corrected chi connectivity index (χ0v) is 11.4. The maximum Gasteiger partial charge on any atom is 0.0119 e. The lowest BCUT2D eigenvalue weighted by atomic mass is 9.97. The van der Waals surface area contributed by atoms with Gasteiger partial charge in [0.25, 0.3) is 0 Å². The summed E-state index contributed by atoms with van der Waals surface area (Å²) in [6.07, 6.45) is 2.62. The Kier molecular flexibility index (Phi) is 5.73. The van der Waals surface area contributed by atoms with Gasteiger partial charge in [-0.15, -0.1) is 0 Å². The molecule has 3 nitrogen and oxygen atoms in total. The number of likely N-dealkylation sites (tertiary alicyclic amines) is 1. The molecule has 2 unspecified atom stereocenters. The van der Waals surface area contributed by atoms with E-state index in [-0.39, 0.29) is 0 Å². The van der Waals surface area contributed by atoms with Crippen molar-refractivity contribution in [1.82, 2.24) is 9.80 Å². The molecule has 2 atom stereocenters. The molecule has 1 saturated heterocycles. The van der Waals surface area contributed by atoms with Crippen molar-refractivity contribution >= 4 is 0 Å². The van der Waals surface area contributed by atoms with Gasteiger partial charge in [-0.2, -0.15) is 0 Å². The highest BCUT2D eigenvalue weighted by Crippen LogP contribution is 2.19. The van der Waals surface area contributed by atoms with E-state index < -0.39 is 0 Å². The van der Waals surface area contributed by atoms with Gasteiger partial charge in [-0.3, -0.25) is 0 Å². The average molecular weight is 227 g/mol. The molecule has 0 amide bonds. The third kappa shape index (κ3) is 3.44. The molecule has 16 heavy (non-hydrogen) atoms. The third-order valence-electron chi connectivity index (χ3n) is 4.42. The normalized spacial score (nSPS) is 23.6. The first kappa shape index (κ1) is 13.9. The molecule has 1 aliphatic heterocycles. The lowest BCUT2D eigenvalue weighted by Gasteiger charge is -2.40. The molecule has 0 aromatic heterocycles. The van der Waals surface area contributed by atoms with Gasteiger partial charge in [-0.1, -0.05) is 13.8 Å². The van der Waals surface area contributed by atoms with E-state index in [0.29, 0.717) is 12.0 Å². The van der Waals surface area contributed by atoms with Crippen molar-refractivity contribution < 1.29 is 0 Å². The summed E-state index contributed by atoms with van der Waals surface area (Å²) in [5, 5.41) is 0. The second kappa shape index (κ2) is 6.58. The van der Waals surface area contributed by atoms with E-state index in [1.165, 1.54) is 32.5 Å². The number of piperidine rings is 1. The number of rotatable bonds is 5. The van der Waals surface area contributed by atoms with E-state index in [0.717, 1.165) is 12.6 Å². The fourth-order valence-electron chi connectivity index (χ4n) is 2.57. The summed E-state index contributed by atoms with van der Waals surface area (Å²) in [6, 6.07) is 1.36. The second-order valence-electron chi connectivity index (χ2n) is 5.28. The van der Waals surface area contributed by atoms with E-state index >= 15 is 0 Å². The highest BCUT2D eigenvalue weighted by Gasteiger charge is 2.26. The molecule has 0 saturated carbocycles. The summed E-state index contributed by atoms with van der Waals surface area (Å²) in [5.74, 6) is 0.592. The van der Waals surface area contributed by atoms with Gasteiger partial charge in [-0.05, 0) is 58.9 Å². The number of hydrogen-bond donors (Lipinski definition) is 1. The molecule has 1 aliphatic rings. The van der Waals surface area contributed by atoms with Gasteiger partial charge in [-0.25, -0.2) is 0 Å². The standard InChI is InChI=1S/C13H29N3/c1-5-16-8-6-13(7-9-16)15(4)12(3)11(2)10-14/h11-13H,5-10,14H2,1-4H3. The van der Waals surface area contributed by atoms with Crippen LogP contribution in [0.25, 0.3) is 0 Å². The molecule has 0 aromatic rings. The fourth-order valence-corrected chi connectivity index (χ4v) is 2.57. The Bertz CT molecular complexity index is 188. The zero-order valence-electron chi connectivity index (χ0n) is 11.4. The molecule has 0 radical (unpaired) electrons. The molecule has 0 aliphatic carbocycles. The Balaban J connectivity index is 2.40. The number of nitrogens with two attached hydrogens (primary N) is 1. The van der Waals surface area contributed by atoms with E-state index in [9.17, 15) is 0 Å². The van der Waals surface area contributed by atoms with E-state index in [1.807, 2.05) is 0 Å². The van der Waals surface area contributed by atoms with Crippen LogP contribution in [0.2, 0.25) is 0 Å². The van der Waals surface area contributed by atoms with Crippen molar-refractivity contribution in [2.45, 2.75) is 45.7 Å². The van der Waals surface area contributed by atoms with Crippen molar-refractivity contribution in [2.75, 3.05) is 33.2 Å². The highest BCUT2D eigenvalue weighted by molar-refractivity contribution is 4.82. The van der Waals surface area contributed by atoms with Crippen LogP contribution in [-0.2, 0) is 0 Å². The van der Waals surface area contributed by atoms with Crippen LogP contribution in [0.4, 0.5) is 0 Å². The minimum absolute atomic E-state index is 0.592. The lowest BCUT2D eigenvalue weighted by molar-refractivity contribution is 0.0852. The average Bonchev–Trinajstić information content (AvgIpc) is 2.36. The SMILES string of the molecule is CCN1CCC(N(C)C(C)C(C)CN)CC1. The molecule has 1 fully saturated rings. The van der Waals surface area contributed by atoms with Gasteiger partial charge in [0.2, 0.25) is 0 Å². The molecule has 96 valence electrons. The van der Waals surface area contributed by atoms with Crippen LogP contribution < -0.4 is 5.73 Å². The maximum atomic E-state index is 5.75. The predicted molar refractivity (Wildman–Crippen MR) is 70.6 cm³/mol. The van der Waals surface area contributed by atoms with Crippen LogP contribution in [0.15, 0.2) is 0 Å².